The molecule has 1 saturated carbocycles. The average Bonchev–Trinajstić information content (AvgIpc) is 2.95. The standard InChI is InChI=1S/C12H16N2OS/c15-12(14-5-3-13-4-6-14)10-8-9(10)11-2-1-7-16-11/h1-2,7,9-10,13H,3-6,8H2/t9-,10-/m0/s1. The number of amides is 1. The van der Waals surface area contributed by atoms with Crippen molar-refractivity contribution in [2.75, 3.05) is 26.2 Å². The van der Waals surface area contributed by atoms with Gasteiger partial charge in [0, 0.05) is 42.9 Å². The Balaban J connectivity index is 1.61. The fourth-order valence-electron chi connectivity index (χ4n) is 2.40. The van der Waals surface area contributed by atoms with Gasteiger partial charge in [-0.05, 0) is 17.9 Å². The first-order chi connectivity index (χ1) is 7.86. The summed E-state index contributed by atoms with van der Waals surface area (Å²) >= 11 is 1.78. The zero-order valence-corrected chi connectivity index (χ0v) is 10.0. The van der Waals surface area contributed by atoms with Crippen LogP contribution in [0.1, 0.15) is 17.2 Å². The topological polar surface area (TPSA) is 32.3 Å². The van der Waals surface area contributed by atoms with Gasteiger partial charge in [0.05, 0.1) is 0 Å². The second-order valence-corrected chi connectivity index (χ2v) is 5.52. The summed E-state index contributed by atoms with van der Waals surface area (Å²) < 4.78 is 0. The van der Waals surface area contributed by atoms with Crippen LogP contribution in [0.25, 0.3) is 0 Å². The average molecular weight is 236 g/mol. The Bertz CT molecular complexity index is 370. The summed E-state index contributed by atoms with van der Waals surface area (Å²) in [5.41, 5.74) is 0. The minimum absolute atomic E-state index is 0.275. The molecule has 2 fully saturated rings. The summed E-state index contributed by atoms with van der Waals surface area (Å²) in [5, 5.41) is 5.37. The molecule has 1 aromatic heterocycles. The number of hydrogen-bond donors (Lipinski definition) is 1. The third-order valence-electron chi connectivity index (χ3n) is 3.44. The third kappa shape index (κ3) is 1.87. The van der Waals surface area contributed by atoms with E-state index in [1.54, 1.807) is 11.3 Å². The second kappa shape index (κ2) is 4.18. The molecule has 0 unspecified atom stereocenters. The highest BCUT2D eigenvalue weighted by molar-refractivity contribution is 7.10. The SMILES string of the molecule is O=C([C@H]1C[C@@H]1c1cccs1)N1CCNCC1. The molecule has 0 bridgehead atoms. The fourth-order valence-corrected chi connectivity index (χ4v) is 3.31. The summed E-state index contributed by atoms with van der Waals surface area (Å²) in [4.78, 5) is 15.6. The van der Waals surface area contributed by atoms with Crippen LogP contribution in [-0.4, -0.2) is 37.0 Å². The number of carbonyl (C=O) groups excluding carboxylic acids is 1. The molecule has 0 aromatic carbocycles. The van der Waals surface area contributed by atoms with Gasteiger partial charge in [0.2, 0.25) is 5.91 Å². The van der Waals surface area contributed by atoms with Crippen molar-refractivity contribution in [1.29, 1.82) is 0 Å². The Labute approximate surface area is 99.5 Å². The van der Waals surface area contributed by atoms with E-state index < -0.39 is 0 Å². The van der Waals surface area contributed by atoms with Crippen molar-refractivity contribution < 1.29 is 4.79 Å². The van der Waals surface area contributed by atoms with Crippen LogP contribution in [0.4, 0.5) is 0 Å². The maximum Gasteiger partial charge on any atom is 0.226 e. The van der Waals surface area contributed by atoms with Crippen molar-refractivity contribution in [3.8, 4) is 0 Å². The third-order valence-corrected chi connectivity index (χ3v) is 4.45. The van der Waals surface area contributed by atoms with Crippen molar-refractivity contribution in [2.24, 2.45) is 5.92 Å². The molecular weight excluding hydrogens is 220 g/mol. The Morgan fingerprint density at radius 3 is 2.94 bits per heavy atom. The molecule has 1 aliphatic carbocycles. The van der Waals surface area contributed by atoms with Gasteiger partial charge in [-0.3, -0.25) is 4.79 Å². The van der Waals surface area contributed by atoms with E-state index in [1.807, 2.05) is 4.90 Å². The number of hydrogen-bond acceptors (Lipinski definition) is 3. The van der Waals surface area contributed by atoms with Gasteiger partial charge < -0.3 is 10.2 Å². The molecule has 1 aromatic rings. The van der Waals surface area contributed by atoms with Gasteiger partial charge in [0.25, 0.3) is 0 Å². The molecule has 1 amide bonds. The van der Waals surface area contributed by atoms with Gasteiger partial charge in [-0.15, -0.1) is 11.3 Å². The van der Waals surface area contributed by atoms with Gasteiger partial charge >= 0.3 is 0 Å². The summed E-state index contributed by atoms with van der Waals surface area (Å²) in [5.74, 6) is 1.17. The maximum atomic E-state index is 12.2. The number of thiophene rings is 1. The van der Waals surface area contributed by atoms with Crippen molar-refractivity contribution >= 4 is 17.2 Å². The van der Waals surface area contributed by atoms with E-state index in [9.17, 15) is 4.79 Å². The van der Waals surface area contributed by atoms with E-state index in [0.29, 0.717) is 11.8 Å². The lowest BCUT2D eigenvalue weighted by Gasteiger charge is -2.27. The van der Waals surface area contributed by atoms with Crippen molar-refractivity contribution in [3.05, 3.63) is 22.4 Å². The Kier molecular flexibility index (Phi) is 2.69. The first-order valence-corrected chi connectivity index (χ1v) is 6.77. The fraction of sp³-hybridized carbons (Fsp3) is 0.583. The van der Waals surface area contributed by atoms with E-state index in [4.69, 9.17) is 0 Å². The molecule has 2 heterocycles. The van der Waals surface area contributed by atoms with Gasteiger partial charge in [-0.25, -0.2) is 0 Å². The van der Waals surface area contributed by atoms with Gasteiger partial charge in [0.15, 0.2) is 0 Å². The number of piperazine rings is 1. The lowest BCUT2D eigenvalue weighted by molar-refractivity contribution is -0.133. The molecule has 0 spiro atoms. The summed E-state index contributed by atoms with van der Waals surface area (Å²) in [6.07, 6.45) is 1.06. The number of rotatable bonds is 2. The molecule has 1 N–H and O–H groups in total. The molecule has 2 aliphatic rings. The summed E-state index contributed by atoms with van der Waals surface area (Å²) in [6, 6.07) is 4.23. The second-order valence-electron chi connectivity index (χ2n) is 4.54. The highest BCUT2D eigenvalue weighted by Crippen LogP contribution is 2.49. The summed E-state index contributed by atoms with van der Waals surface area (Å²) in [6.45, 7) is 3.66. The largest absolute Gasteiger partial charge is 0.340 e. The van der Waals surface area contributed by atoms with Crippen LogP contribution < -0.4 is 5.32 Å². The van der Waals surface area contributed by atoms with E-state index >= 15 is 0 Å². The molecule has 1 aliphatic heterocycles. The van der Waals surface area contributed by atoms with Crippen LogP contribution in [-0.2, 0) is 4.79 Å². The van der Waals surface area contributed by atoms with Crippen molar-refractivity contribution in [2.45, 2.75) is 12.3 Å². The smallest absolute Gasteiger partial charge is 0.226 e. The number of nitrogens with zero attached hydrogens (tertiary/aromatic N) is 1. The lowest BCUT2D eigenvalue weighted by atomic mass is 10.2. The van der Waals surface area contributed by atoms with Crippen LogP contribution in [0.2, 0.25) is 0 Å². The van der Waals surface area contributed by atoms with Crippen LogP contribution in [0.15, 0.2) is 17.5 Å². The number of carbonyl (C=O) groups is 1. The quantitative estimate of drug-likeness (QED) is 0.839. The van der Waals surface area contributed by atoms with E-state index in [0.717, 1.165) is 32.6 Å². The Morgan fingerprint density at radius 1 is 1.44 bits per heavy atom. The molecule has 2 atom stereocenters. The van der Waals surface area contributed by atoms with Crippen LogP contribution in [0.3, 0.4) is 0 Å². The zero-order valence-electron chi connectivity index (χ0n) is 9.19. The molecule has 1 saturated heterocycles. The Hall–Kier alpha value is -0.870. The number of nitrogens with one attached hydrogen (secondary N) is 1. The predicted octanol–water partition coefficient (Wildman–Crippen LogP) is 1.28. The molecule has 16 heavy (non-hydrogen) atoms. The van der Waals surface area contributed by atoms with Gasteiger partial charge in [-0.1, -0.05) is 6.07 Å². The summed E-state index contributed by atoms with van der Waals surface area (Å²) in [7, 11) is 0. The first kappa shape index (κ1) is 10.3. The minimum atomic E-state index is 0.275. The van der Waals surface area contributed by atoms with Crippen LogP contribution in [0, 0.1) is 5.92 Å². The zero-order chi connectivity index (χ0) is 11.0. The van der Waals surface area contributed by atoms with E-state index in [2.05, 4.69) is 22.8 Å². The monoisotopic (exact) mass is 236 g/mol. The molecule has 0 radical (unpaired) electrons. The van der Waals surface area contributed by atoms with Crippen LogP contribution >= 0.6 is 11.3 Å². The van der Waals surface area contributed by atoms with Gasteiger partial charge in [-0.2, -0.15) is 0 Å². The van der Waals surface area contributed by atoms with Gasteiger partial charge in [0.1, 0.15) is 0 Å². The first-order valence-electron chi connectivity index (χ1n) is 5.89. The molecule has 3 rings (SSSR count). The maximum absolute atomic E-state index is 12.2. The minimum Gasteiger partial charge on any atom is -0.340 e. The molecular formula is C12H16N2OS. The van der Waals surface area contributed by atoms with Crippen molar-refractivity contribution in [3.63, 3.8) is 0 Å². The highest BCUT2D eigenvalue weighted by atomic mass is 32.1. The Morgan fingerprint density at radius 2 is 2.25 bits per heavy atom. The normalized spacial score (nSPS) is 29.1. The predicted molar refractivity (Wildman–Crippen MR) is 64.6 cm³/mol. The van der Waals surface area contributed by atoms with E-state index in [-0.39, 0.29) is 5.92 Å². The molecule has 3 nitrogen and oxygen atoms in total. The van der Waals surface area contributed by atoms with Crippen molar-refractivity contribution in [1.82, 2.24) is 10.2 Å². The molecule has 4 heteroatoms. The van der Waals surface area contributed by atoms with Crippen LogP contribution in [0.5, 0.6) is 0 Å². The van der Waals surface area contributed by atoms with E-state index in [1.165, 1.54) is 4.88 Å². The lowest BCUT2D eigenvalue weighted by Crippen LogP contribution is -2.47. The molecule has 86 valence electrons. The highest BCUT2D eigenvalue weighted by Gasteiger charge is 2.46.